The van der Waals surface area contributed by atoms with E-state index in [9.17, 15) is 0 Å². The van der Waals surface area contributed by atoms with Gasteiger partial charge in [0.05, 0.1) is 12.1 Å². The minimum absolute atomic E-state index is 0.390. The smallest absolute Gasteiger partial charge is 0.201 e. The predicted molar refractivity (Wildman–Crippen MR) is 60.1 cm³/mol. The van der Waals surface area contributed by atoms with E-state index >= 15 is 0 Å². The number of nitrogens with zero attached hydrogens (tertiary/aromatic N) is 1. The third-order valence-corrected chi connectivity index (χ3v) is 4.09. The lowest BCUT2D eigenvalue weighted by Gasteiger charge is -2.22. The maximum Gasteiger partial charge on any atom is 0.201 e. The van der Waals surface area contributed by atoms with Crippen LogP contribution in [0.15, 0.2) is 4.99 Å². The molecule has 1 aliphatic carbocycles. The highest BCUT2D eigenvalue weighted by Crippen LogP contribution is 2.36. The van der Waals surface area contributed by atoms with Gasteiger partial charge in [-0.3, -0.25) is 0 Å². The summed E-state index contributed by atoms with van der Waals surface area (Å²) in [6.07, 6.45) is 4.04. The molecule has 2 bridgehead atoms. The standard InChI is InChI=1S/C12H20N2O/c1-7(2)10-6-15-12(14-10)11-8-3-4-9(5-8)13-11/h7-11,13H,3-6H2,1-2H3/t8-,9+,10+,11-/m1/s1. The van der Waals surface area contributed by atoms with Crippen molar-refractivity contribution < 1.29 is 4.74 Å². The first-order chi connectivity index (χ1) is 7.24. The van der Waals surface area contributed by atoms with Crippen molar-refractivity contribution in [1.29, 1.82) is 0 Å². The summed E-state index contributed by atoms with van der Waals surface area (Å²) < 4.78 is 5.75. The van der Waals surface area contributed by atoms with Crippen molar-refractivity contribution in [2.75, 3.05) is 6.61 Å². The van der Waals surface area contributed by atoms with Crippen LogP contribution in [0.2, 0.25) is 0 Å². The second-order valence-electron chi connectivity index (χ2n) is 5.50. The Morgan fingerprint density at radius 2 is 2.27 bits per heavy atom. The van der Waals surface area contributed by atoms with Crippen LogP contribution in [0.3, 0.4) is 0 Å². The number of hydrogen-bond acceptors (Lipinski definition) is 3. The van der Waals surface area contributed by atoms with Crippen molar-refractivity contribution in [3.05, 3.63) is 0 Å². The summed E-state index contributed by atoms with van der Waals surface area (Å²) in [5, 5.41) is 3.64. The first-order valence-electron chi connectivity index (χ1n) is 6.20. The van der Waals surface area contributed by atoms with Gasteiger partial charge < -0.3 is 10.1 Å². The van der Waals surface area contributed by atoms with Gasteiger partial charge in [-0.15, -0.1) is 0 Å². The van der Waals surface area contributed by atoms with Gasteiger partial charge in [-0.1, -0.05) is 13.8 Å². The highest BCUT2D eigenvalue weighted by molar-refractivity contribution is 5.84. The average molecular weight is 208 g/mol. The number of rotatable bonds is 2. The zero-order valence-corrected chi connectivity index (χ0v) is 9.57. The molecule has 0 radical (unpaired) electrons. The molecule has 4 atom stereocenters. The number of aliphatic imine (C=N–C) groups is 1. The van der Waals surface area contributed by atoms with Crippen LogP contribution in [0.4, 0.5) is 0 Å². The van der Waals surface area contributed by atoms with E-state index in [-0.39, 0.29) is 0 Å². The molecule has 0 aromatic heterocycles. The van der Waals surface area contributed by atoms with Crippen LogP contribution in [0, 0.1) is 11.8 Å². The van der Waals surface area contributed by atoms with Gasteiger partial charge in [0.15, 0.2) is 0 Å². The fraction of sp³-hybridized carbons (Fsp3) is 0.917. The first kappa shape index (κ1) is 9.64. The molecule has 0 aromatic carbocycles. The lowest BCUT2D eigenvalue weighted by Crippen LogP contribution is -2.41. The van der Waals surface area contributed by atoms with Crippen molar-refractivity contribution in [2.45, 2.75) is 51.2 Å². The van der Waals surface area contributed by atoms with Crippen LogP contribution in [0.5, 0.6) is 0 Å². The van der Waals surface area contributed by atoms with E-state index < -0.39 is 0 Å². The summed E-state index contributed by atoms with van der Waals surface area (Å²) in [7, 11) is 0. The van der Waals surface area contributed by atoms with Crippen LogP contribution < -0.4 is 5.32 Å². The molecule has 0 aromatic rings. The zero-order chi connectivity index (χ0) is 10.4. The minimum atomic E-state index is 0.390. The molecular formula is C12H20N2O. The van der Waals surface area contributed by atoms with E-state index in [4.69, 9.17) is 9.73 Å². The summed E-state index contributed by atoms with van der Waals surface area (Å²) in [6.45, 7) is 5.23. The lowest BCUT2D eigenvalue weighted by molar-refractivity contribution is 0.270. The number of piperidine rings is 1. The molecular weight excluding hydrogens is 188 g/mol. The van der Waals surface area contributed by atoms with Crippen LogP contribution in [-0.4, -0.2) is 30.6 Å². The van der Waals surface area contributed by atoms with Crippen molar-refractivity contribution in [1.82, 2.24) is 5.32 Å². The summed E-state index contributed by atoms with van der Waals surface area (Å²) >= 11 is 0. The molecule has 3 heteroatoms. The van der Waals surface area contributed by atoms with Crippen LogP contribution in [-0.2, 0) is 4.74 Å². The van der Waals surface area contributed by atoms with Gasteiger partial charge in [0, 0.05) is 6.04 Å². The fourth-order valence-electron chi connectivity index (χ4n) is 3.05. The Labute approximate surface area is 91.3 Å². The predicted octanol–water partition coefficient (Wildman–Crippen LogP) is 1.58. The first-order valence-corrected chi connectivity index (χ1v) is 6.20. The number of ether oxygens (including phenoxy) is 1. The highest BCUT2D eigenvalue weighted by atomic mass is 16.5. The average Bonchev–Trinajstić information content (AvgIpc) is 2.93. The number of fused-ring (bicyclic) bond motifs is 2. The fourth-order valence-corrected chi connectivity index (χ4v) is 3.05. The Hall–Kier alpha value is -0.570. The Morgan fingerprint density at radius 3 is 2.80 bits per heavy atom. The van der Waals surface area contributed by atoms with E-state index in [2.05, 4.69) is 19.2 Å². The van der Waals surface area contributed by atoms with E-state index in [1.54, 1.807) is 0 Å². The van der Waals surface area contributed by atoms with Gasteiger partial charge in [0.1, 0.15) is 6.61 Å². The van der Waals surface area contributed by atoms with E-state index in [0.717, 1.165) is 24.5 Å². The van der Waals surface area contributed by atoms with Crippen LogP contribution in [0.25, 0.3) is 0 Å². The molecule has 2 fully saturated rings. The third-order valence-electron chi connectivity index (χ3n) is 4.09. The van der Waals surface area contributed by atoms with E-state index in [0.29, 0.717) is 18.0 Å². The van der Waals surface area contributed by atoms with E-state index in [1.165, 1.54) is 19.3 Å². The molecule has 3 rings (SSSR count). The van der Waals surface area contributed by atoms with Gasteiger partial charge in [0.25, 0.3) is 0 Å². The summed E-state index contributed by atoms with van der Waals surface area (Å²) in [5.41, 5.74) is 0. The normalized spacial score (nSPS) is 43.5. The lowest BCUT2D eigenvalue weighted by atomic mass is 10.00. The molecule has 0 amide bonds. The van der Waals surface area contributed by atoms with Gasteiger partial charge in [-0.25, -0.2) is 4.99 Å². The van der Waals surface area contributed by atoms with E-state index in [1.807, 2.05) is 0 Å². The maximum atomic E-state index is 5.75. The van der Waals surface area contributed by atoms with Gasteiger partial charge in [-0.05, 0) is 31.1 Å². The van der Waals surface area contributed by atoms with Crippen LogP contribution >= 0.6 is 0 Å². The second kappa shape index (κ2) is 3.48. The Bertz CT molecular complexity index is 287. The molecule has 84 valence electrons. The summed E-state index contributed by atoms with van der Waals surface area (Å²) in [6, 6.07) is 1.57. The topological polar surface area (TPSA) is 33.6 Å². The van der Waals surface area contributed by atoms with Gasteiger partial charge in [0.2, 0.25) is 5.90 Å². The quantitative estimate of drug-likeness (QED) is 0.747. The molecule has 1 saturated carbocycles. The minimum Gasteiger partial charge on any atom is -0.478 e. The molecule has 3 aliphatic rings. The SMILES string of the molecule is CC(C)[C@@H]1COC([C@@H]2N[C@H]3CC[C@@H]2C3)=N1. The zero-order valence-electron chi connectivity index (χ0n) is 9.57. The monoisotopic (exact) mass is 208 g/mol. The molecule has 15 heavy (non-hydrogen) atoms. The molecule has 1 N–H and O–H groups in total. The van der Waals surface area contributed by atoms with Crippen molar-refractivity contribution in [2.24, 2.45) is 16.8 Å². The van der Waals surface area contributed by atoms with Crippen molar-refractivity contribution in [3.8, 4) is 0 Å². The van der Waals surface area contributed by atoms with Crippen LogP contribution in [0.1, 0.15) is 33.1 Å². The molecule has 2 aliphatic heterocycles. The third kappa shape index (κ3) is 1.57. The molecule has 1 saturated heterocycles. The summed E-state index contributed by atoms with van der Waals surface area (Å²) in [5.74, 6) is 2.39. The molecule has 0 unspecified atom stereocenters. The second-order valence-corrected chi connectivity index (χ2v) is 5.50. The Kier molecular flexibility index (Phi) is 2.23. The Balaban J connectivity index is 1.71. The molecule has 3 nitrogen and oxygen atoms in total. The Morgan fingerprint density at radius 1 is 1.40 bits per heavy atom. The van der Waals surface area contributed by atoms with Gasteiger partial charge >= 0.3 is 0 Å². The van der Waals surface area contributed by atoms with Crippen molar-refractivity contribution in [3.63, 3.8) is 0 Å². The molecule has 0 spiro atoms. The molecule has 2 heterocycles. The summed E-state index contributed by atoms with van der Waals surface area (Å²) in [4.78, 5) is 4.72. The maximum absolute atomic E-state index is 5.75. The number of nitrogens with one attached hydrogen (secondary N) is 1. The largest absolute Gasteiger partial charge is 0.478 e. The highest BCUT2D eigenvalue weighted by Gasteiger charge is 2.43. The van der Waals surface area contributed by atoms with Gasteiger partial charge in [-0.2, -0.15) is 0 Å². The number of hydrogen-bond donors (Lipinski definition) is 1. The van der Waals surface area contributed by atoms with Crippen molar-refractivity contribution >= 4 is 5.90 Å².